The zero-order valence-electron chi connectivity index (χ0n) is 26.3. The van der Waals surface area contributed by atoms with Gasteiger partial charge in [0.15, 0.2) is 23.1 Å². The van der Waals surface area contributed by atoms with Gasteiger partial charge >= 0.3 is 0 Å². The fraction of sp³-hybridized carbons (Fsp3) is 0.220. The van der Waals surface area contributed by atoms with Crippen LogP contribution in [0.5, 0.6) is 11.5 Å². The van der Waals surface area contributed by atoms with Crippen molar-refractivity contribution in [1.29, 1.82) is 0 Å². The third kappa shape index (κ3) is 4.20. The van der Waals surface area contributed by atoms with E-state index in [0.29, 0.717) is 34.4 Å². The molecule has 7 heteroatoms. The van der Waals surface area contributed by atoms with Crippen LogP contribution in [-0.4, -0.2) is 35.6 Å². The number of carbonyl (C=O) groups is 4. The van der Waals surface area contributed by atoms with Crippen LogP contribution in [0.3, 0.4) is 0 Å². The Morgan fingerprint density at radius 3 is 2.15 bits per heavy atom. The summed E-state index contributed by atoms with van der Waals surface area (Å²) in [4.78, 5) is 59.7. The van der Waals surface area contributed by atoms with Crippen molar-refractivity contribution < 1.29 is 29.0 Å². The molecule has 4 aromatic rings. The number of hydrogen-bond donors (Lipinski definition) is 1. The molecule has 1 N–H and O–H groups in total. The maximum atomic E-state index is 15.1. The van der Waals surface area contributed by atoms with Crippen molar-refractivity contribution in [1.82, 2.24) is 0 Å². The quantitative estimate of drug-likeness (QED) is 0.200. The molecule has 4 aromatic carbocycles. The Kier molecular flexibility index (Phi) is 7.02. The van der Waals surface area contributed by atoms with Crippen molar-refractivity contribution >= 4 is 34.6 Å². The number of amides is 2. The number of aromatic hydroxyl groups is 1. The third-order valence-corrected chi connectivity index (χ3v) is 10.9. The lowest BCUT2D eigenvalue weighted by Gasteiger charge is -2.55. The summed E-state index contributed by atoms with van der Waals surface area (Å²) in [5, 5.41) is 10.6. The molecule has 1 saturated heterocycles. The first-order chi connectivity index (χ1) is 23.4. The Bertz CT molecular complexity index is 2040. The number of benzene rings is 4. The lowest BCUT2D eigenvalue weighted by Crippen LogP contribution is -2.58. The number of nitrogens with zero attached hydrogens (tertiary/aromatic N) is 1. The first kappa shape index (κ1) is 29.8. The van der Waals surface area contributed by atoms with E-state index in [0.717, 1.165) is 5.57 Å². The SMILES string of the molecule is COc1cc([C@H]2C3=CC[C@@H]4C(=O)N(c5ccccc5)C(=O)[C@@H]4[C@@H]3C[C@H]3C(=O)C(c4ccccc4)=CC(=O)[C@@]23c2ccccc2)ccc1O. The minimum atomic E-state index is -1.35. The highest BCUT2D eigenvalue weighted by Gasteiger charge is 2.66. The summed E-state index contributed by atoms with van der Waals surface area (Å²) in [5.41, 5.74) is 2.42. The molecule has 1 saturated carbocycles. The Hall–Kier alpha value is -5.56. The van der Waals surface area contributed by atoms with Gasteiger partial charge in [0.05, 0.1) is 30.0 Å². The minimum Gasteiger partial charge on any atom is -0.504 e. The maximum absolute atomic E-state index is 15.1. The van der Waals surface area contributed by atoms with E-state index >= 15 is 4.79 Å². The second-order valence-electron chi connectivity index (χ2n) is 13.1. The normalized spacial score (nSPS) is 27.9. The van der Waals surface area contributed by atoms with Gasteiger partial charge in [-0.1, -0.05) is 96.6 Å². The number of hydrogen-bond acceptors (Lipinski definition) is 6. The summed E-state index contributed by atoms with van der Waals surface area (Å²) < 4.78 is 5.53. The average molecular weight is 636 g/mol. The van der Waals surface area contributed by atoms with Crippen molar-refractivity contribution in [2.45, 2.75) is 24.2 Å². The molecule has 0 aromatic heterocycles. The van der Waals surface area contributed by atoms with Gasteiger partial charge in [-0.15, -0.1) is 0 Å². The van der Waals surface area contributed by atoms with Gasteiger partial charge in [0, 0.05) is 17.4 Å². The number of imide groups is 1. The fourth-order valence-electron chi connectivity index (χ4n) is 8.95. The lowest BCUT2D eigenvalue weighted by atomic mass is 9.44. The standard InChI is InChI=1S/C41H33NO6/c1-48-34-21-25(17-20-33(34)43)37-28-18-19-29-36(40(47)42(39(29)46)27-15-9-4-10-16-27)31(28)22-32-38(45)30(24-11-5-2-6-12-24)23-35(44)41(32,37)26-13-7-3-8-14-26/h2-18,20-21,23,29,31-32,36-37,43H,19,22H2,1H3/t29-,31+,32-,36-,37-,41-/m0/s1. The molecular weight excluding hydrogens is 602 g/mol. The van der Waals surface area contributed by atoms with Gasteiger partial charge in [-0.3, -0.25) is 24.1 Å². The summed E-state index contributed by atoms with van der Waals surface area (Å²) in [6.07, 6.45) is 4.09. The van der Waals surface area contributed by atoms with Crippen molar-refractivity contribution in [2.24, 2.45) is 23.7 Å². The molecule has 0 spiro atoms. The summed E-state index contributed by atoms with van der Waals surface area (Å²) in [6.45, 7) is 0. The molecule has 2 amide bonds. The summed E-state index contributed by atoms with van der Waals surface area (Å²) in [5.74, 6) is -3.98. The fourth-order valence-corrected chi connectivity index (χ4v) is 8.95. The van der Waals surface area contributed by atoms with Crippen LogP contribution in [0.4, 0.5) is 5.69 Å². The van der Waals surface area contributed by atoms with Crippen LogP contribution in [-0.2, 0) is 24.6 Å². The van der Waals surface area contributed by atoms with Crippen LogP contribution < -0.4 is 9.64 Å². The van der Waals surface area contributed by atoms with Gasteiger partial charge in [0.1, 0.15) is 0 Å². The largest absolute Gasteiger partial charge is 0.504 e. The zero-order chi connectivity index (χ0) is 33.2. The predicted octanol–water partition coefficient (Wildman–Crippen LogP) is 6.43. The van der Waals surface area contributed by atoms with Crippen LogP contribution in [0.15, 0.2) is 127 Å². The highest BCUT2D eigenvalue weighted by molar-refractivity contribution is 6.32. The van der Waals surface area contributed by atoms with Crippen molar-refractivity contribution in [3.8, 4) is 11.5 Å². The van der Waals surface area contributed by atoms with E-state index in [4.69, 9.17) is 4.74 Å². The highest BCUT2D eigenvalue weighted by Crippen LogP contribution is 2.64. The van der Waals surface area contributed by atoms with E-state index in [2.05, 4.69) is 0 Å². The Morgan fingerprint density at radius 2 is 1.46 bits per heavy atom. The van der Waals surface area contributed by atoms with E-state index in [1.807, 2.05) is 72.8 Å². The smallest absolute Gasteiger partial charge is 0.238 e. The van der Waals surface area contributed by atoms with Crippen molar-refractivity contribution in [2.75, 3.05) is 12.0 Å². The van der Waals surface area contributed by atoms with Gasteiger partial charge in [0.2, 0.25) is 11.8 Å². The van der Waals surface area contributed by atoms with Crippen molar-refractivity contribution in [3.63, 3.8) is 0 Å². The van der Waals surface area contributed by atoms with Crippen LogP contribution >= 0.6 is 0 Å². The van der Waals surface area contributed by atoms with Gasteiger partial charge in [0.25, 0.3) is 0 Å². The first-order valence-electron chi connectivity index (χ1n) is 16.3. The molecule has 1 heterocycles. The average Bonchev–Trinajstić information content (AvgIpc) is 3.39. The Labute approximate surface area is 278 Å². The van der Waals surface area contributed by atoms with E-state index in [1.54, 1.807) is 42.5 Å². The number of carbonyl (C=O) groups excluding carboxylic acids is 4. The number of para-hydroxylation sites is 1. The van der Waals surface area contributed by atoms with Crippen LogP contribution in [0.1, 0.15) is 35.4 Å². The van der Waals surface area contributed by atoms with Crippen molar-refractivity contribution in [3.05, 3.63) is 144 Å². The molecular formula is C41H33NO6. The molecule has 48 heavy (non-hydrogen) atoms. The topological polar surface area (TPSA) is 101 Å². The molecule has 0 radical (unpaired) electrons. The van der Waals surface area contributed by atoms with Gasteiger partial charge in [-0.25, -0.2) is 0 Å². The number of rotatable bonds is 5. The maximum Gasteiger partial charge on any atom is 0.238 e. The summed E-state index contributed by atoms with van der Waals surface area (Å²) in [7, 11) is 1.47. The predicted molar refractivity (Wildman–Crippen MR) is 180 cm³/mol. The Balaban J connectivity index is 1.38. The second kappa shape index (κ2) is 11.3. The summed E-state index contributed by atoms with van der Waals surface area (Å²) in [6, 6.07) is 32.6. The molecule has 6 atom stereocenters. The Morgan fingerprint density at radius 1 is 0.792 bits per heavy atom. The number of ketones is 2. The molecule has 238 valence electrons. The zero-order valence-corrected chi connectivity index (χ0v) is 26.3. The van der Waals surface area contributed by atoms with Gasteiger partial charge in [-0.05, 0) is 65.8 Å². The molecule has 0 unspecified atom stereocenters. The van der Waals surface area contributed by atoms with Gasteiger partial charge in [-0.2, -0.15) is 0 Å². The van der Waals surface area contributed by atoms with E-state index in [1.165, 1.54) is 18.1 Å². The van der Waals surface area contributed by atoms with Gasteiger partial charge < -0.3 is 9.84 Å². The van der Waals surface area contributed by atoms with E-state index in [9.17, 15) is 19.5 Å². The molecule has 8 rings (SSSR count). The number of methoxy groups -OCH3 is 1. The molecule has 1 aliphatic heterocycles. The highest BCUT2D eigenvalue weighted by atomic mass is 16.5. The number of Topliss-reactive ketones (excluding diaryl/α,β-unsaturated/α-hetero) is 1. The van der Waals surface area contributed by atoms with E-state index < -0.39 is 35.0 Å². The number of fused-ring (bicyclic) bond motifs is 4. The first-order valence-corrected chi connectivity index (χ1v) is 16.3. The van der Waals surface area contributed by atoms with Crippen LogP contribution in [0, 0.1) is 23.7 Å². The number of ether oxygens (including phenoxy) is 1. The molecule has 3 aliphatic carbocycles. The van der Waals surface area contributed by atoms with E-state index in [-0.39, 0.29) is 41.3 Å². The molecule has 4 aliphatic rings. The number of phenolic OH excluding ortho intramolecular Hbond substituents is 1. The number of anilines is 1. The minimum absolute atomic E-state index is 0.0519. The van der Waals surface area contributed by atoms with Crippen LogP contribution in [0.25, 0.3) is 5.57 Å². The summed E-state index contributed by atoms with van der Waals surface area (Å²) >= 11 is 0. The monoisotopic (exact) mass is 635 g/mol. The molecule has 0 bridgehead atoms. The molecule has 7 nitrogen and oxygen atoms in total. The van der Waals surface area contributed by atoms with Crippen LogP contribution in [0.2, 0.25) is 0 Å². The second-order valence-corrected chi connectivity index (χ2v) is 13.1. The number of allylic oxidation sites excluding steroid dienone is 4. The lowest BCUT2D eigenvalue weighted by molar-refractivity contribution is -0.135. The third-order valence-electron chi connectivity index (χ3n) is 10.9. The number of phenols is 1. The molecule has 2 fully saturated rings.